The summed E-state index contributed by atoms with van der Waals surface area (Å²) in [5, 5.41) is 11.2. The van der Waals surface area contributed by atoms with Gasteiger partial charge in [0.25, 0.3) is 0 Å². The van der Waals surface area contributed by atoms with Crippen molar-refractivity contribution in [1.29, 1.82) is 0 Å². The number of primary amides is 1. The third-order valence-electron chi connectivity index (χ3n) is 2.89. The number of hydrogen-bond acceptors (Lipinski definition) is 4. The van der Waals surface area contributed by atoms with Gasteiger partial charge in [0, 0.05) is 6.54 Å². The summed E-state index contributed by atoms with van der Waals surface area (Å²) in [5.41, 5.74) is 4.42. The smallest absolute Gasteiger partial charge is 0.326 e. The Labute approximate surface area is 110 Å². The highest BCUT2D eigenvalue weighted by molar-refractivity contribution is 5.87. The first-order valence-corrected chi connectivity index (χ1v) is 5.91. The van der Waals surface area contributed by atoms with Crippen LogP contribution in [0.2, 0.25) is 0 Å². The number of morpholine rings is 1. The maximum atomic E-state index is 12.1. The van der Waals surface area contributed by atoms with E-state index in [2.05, 4.69) is 5.32 Å². The zero-order valence-electron chi connectivity index (χ0n) is 11.0. The van der Waals surface area contributed by atoms with Gasteiger partial charge in [-0.25, -0.2) is 9.59 Å². The number of ether oxygens (including phenoxy) is 1. The highest BCUT2D eigenvalue weighted by Gasteiger charge is 2.35. The van der Waals surface area contributed by atoms with Crippen molar-refractivity contribution in [2.75, 3.05) is 19.8 Å². The number of nitrogens with zero attached hydrogens (tertiary/aromatic N) is 1. The van der Waals surface area contributed by atoms with Crippen LogP contribution >= 0.6 is 0 Å². The lowest BCUT2D eigenvalue weighted by Crippen LogP contribution is -2.60. The average molecular weight is 273 g/mol. The minimum Gasteiger partial charge on any atom is -0.480 e. The van der Waals surface area contributed by atoms with Crippen molar-refractivity contribution in [2.24, 2.45) is 5.73 Å². The molecule has 0 aromatic carbocycles. The number of carboxylic acid groups (broad SMARTS) is 1. The normalized spacial score (nSPS) is 19.6. The Morgan fingerprint density at radius 3 is 2.58 bits per heavy atom. The quantitative estimate of drug-likeness (QED) is 0.615. The highest BCUT2D eigenvalue weighted by atomic mass is 16.5. The zero-order valence-corrected chi connectivity index (χ0v) is 11.0. The molecule has 0 spiro atoms. The SMILES string of the molecule is CC1(C)COCCN1C(=O)N[C@@H](CC(N)=O)C(=O)O. The molecule has 1 fully saturated rings. The van der Waals surface area contributed by atoms with Crippen molar-refractivity contribution in [3.8, 4) is 0 Å². The summed E-state index contributed by atoms with van der Waals surface area (Å²) in [4.78, 5) is 35.3. The number of nitrogens with two attached hydrogens (primary N) is 1. The standard InChI is InChI=1S/C11H19N3O5/c1-11(2)6-19-4-3-14(11)10(18)13-7(9(16)17)5-8(12)15/h7H,3-6H2,1-2H3,(H2,12,15)(H,13,18)(H,16,17)/t7-/m0/s1. The van der Waals surface area contributed by atoms with E-state index in [1.165, 1.54) is 4.90 Å². The van der Waals surface area contributed by atoms with Crippen molar-refractivity contribution < 1.29 is 24.2 Å². The van der Waals surface area contributed by atoms with Gasteiger partial charge in [-0.3, -0.25) is 4.79 Å². The van der Waals surface area contributed by atoms with E-state index in [0.717, 1.165) is 0 Å². The number of urea groups is 1. The number of aliphatic carboxylic acids is 1. The minimum absolute atomic E-state index is 0.363. The van der Waals surface area contributed by atoms with Crippen molar-refractivity contribution in [2.45, 2.75) is 31.8 Å². The Balaban J connectivity index is 2.70. The third-order valence-corrected chi connectivity index (χ3v) is 2.89. The maximum Gasteiger partial charge on any atom is 0.326 e. The molecule has 0 bridgehead atoms. The molecule has 3 amide bonds. The zero-order chi connectivity index (χ0) is 14.6. The number of carbonyl (C=O) groups is 3. The third kappa shape index (κ3) is 4.09. The molecule has 0 saturated carbocycles. The summed E-state index contributed by atoms with van der Waals surface area (Å²) in [6, 6.07) is -1.86. The van der Waals surface area contributed by atoms with Gasteiger partial charge in [-0.05, 0) is 13.8 Å². The molecule has 4 N–H and O–H groups in total. The molecule has 1 heterocycles. The molecule has 108 valence electrons. The van der Waals surface area contributed by atoms with E-state index in [4.69, 9.17) is 15.6 Å². The van der Waals surface area contributed by atoms with E-state index in [0.29, 0.717) is 19.8 Å². The van der Waals surface area contributed by atoms with Crippen LogP contribution in [0.4, 0.5) is 4.79 Å². The molecule has 1 aliphatic heterocycles. The predicted octanol–water partition coefficient (Wildman–Crippen LogP) is -0.865. The lowest BCUT2D eigenvalue weighted by Gasteiger charge is -2.42. The summed E-state index contributed by atoms with van der Waals surface area (Å²) in [6.45, 7) is 4.76. The lowest BCUT2D eigenvalue weighted by molar-refractivity contribution is -0.141. The number of carbonyl (C=O) groups excluding carboxylic acids is 2. The van der Waals surface area contributed by atoms with Gasteiger partial charge in [-0.1, -0.05) is 0 Å². The van der Waals surface area contributed by atoms with Crippen molar-refractivity contribution in [1.82, 2.24) is 10.2 Å². The van der Waals surface area contributed by atoms with E-state index >= 15 is 0 Å². The molecule has 1 atom stereocenters. The summed E-state index contributed by atoms with van der Waals surface area (Å²) < 4.78 is 5.27. The molecule has 0 aromatic heterocycles. The number of amides is 3. The van der Waals surface area contributed by atoms with E-state index in [1.807, 2.05) is 13.8 Å². The summed E-state index contributed by atoms with van der Waals surface area (Å²) in [6.07, 6.45) is -0.439. The second kappa shape index (κ2) is 5.87. The first-order chi connectivity index (χ1) is 8.74. The van der Waals surface area contributed by atoms with Crippen LogP contribution in [0.15, 0.2) is 0 Å². The molecular weight excluding hydrogens is 254 g/mol. The van der Waals surface area contributed by atoms with Gasteiger partial charge in [0.1, 0.15) is 6.04 Å². The second-order valence-corrected chi connectivity index (χ2v) is 5.03. The van der Waals surface area contributed by atoms with Gasteiger partial charge in [-0.2, -0.15) is 0 Å². The first-order valence-electron chi connectivity index (χ1n) is 5.91. The molecule has 1 rings (SSSR count). The molecule has 1 saturated heterocycles. The van der Waals surface area contributed by atoms with Crippen LogP contribution in [-0.2, 0) is 14.3 Å². The maximum absolute atomic E-state index is 12.1. The van der Waals surface area contributed by atoms with E-state index in [-0.39, 0.29) is 0 Å². The number of nitrogens with one attached hydrogen (secondary N) is 1. The van der Waals surface area contributed by atoms with Crippen LogP contribution in [0.1, 0.15) is 20.3 Å². The fourth-order valence-corrected chi connectivity index (χ4v) is 1.86. The fraction of sp³-hybridized carbons (Fsp3) is 0.727. The monoisotopic (exact) mass is 273 g/mol. The van der Waals surface area contributed by atoms with Gasteiger partial charge in [-0.15, -0.1) is 0 Å². The molecule has 0 aliphatic carbocycles. The summed E-state index contributed by atoms with van der Waals surface area (Å²) in [7, 11) is 0. The molecule has 8 heteroatoms. The van der Waals surface area contributed by atoms with Gasteiger partial charge in [0.05, 0.1) is 25.2 Å². The number of rotatable bonds is 4. The van der Waals surface area contributed by atoms with Crippen LogP contribution in [0.25, 0.3) is 0 Å². The minimum atomic E-state index is -1.32. The molecule has 0 radical (unpaired) electrons. The van der Waals surface area contributed by atoms with Gasteiger partial charge in [0.15, 0.2) is 0 Å². The Bertz CT molecular complexity index is 383. The Kier molecular flexibility index (Phi) is 4.71. The average Bonchev–Trinajstić information content (AvgIpc) is 2.26. The number of carboxylic acids is 1. The fourth-order valence-electron chi connectivity index (χ4n) is 1.86. The molecular formula is C11H19N3O5. The van der Waals surface area contributed by atoms with Crippen LogP contribution in [0.3, 0.4) is 0 Å². The molecule has 1 aliphatic rings. The van der Waals surface area contributed by atoms with Crippen LogP contribution < -0.4 is 11.1 Å². The summed E-state index contributed by atoms with van der Waals surface area (Å²) >= 11 is 0. The van der Waals surface area contributed by atoms with Crippen LogP contribution in [0, 0.1) is 0 Å². The molecule has 0 unspecified atom stereocenters. The van der Waals surface area contributed by atoms with Crippen molar-refractivity contribution >= 4 is 17.9 Å². The van der Waals surface area contributed by atoms with Crippen LogP contribution in [-0.4, -0.2) is 59.3 Å². The van der Waals surface area contributed by atoms with Crippen molar-refractivity contribution in [3.05, 3.63) is 0 Å². The second-order valence-electron chi connectivity index (χ2n) is 5.03. The van der Waals surface area contributed by atoms with Gasteiger partial charge >= 0.3 is 12.0 Å². The summed E-state index contributed by atoms with van der Waals surface area (Å²) in [5.74, 6) is -2.08. The van der Waals surface area contributed by atoms with E-state index < -0.39 is 35.9 Å². The number of hydrogen-bond donors (Lipinski definition) is 3. The Morgan fingerprint density at radius 1 is 1.47 bits per heavy atom. The van der Waals surface area contributed by atoms with Crippen molar-refractivity contribution in [3.63, 3.8) is 0 Å². The Morgan fingerprint density at radius 2 is 2.11 bits per heavy atom. The molecule has 0 aromatic rings. The van der Waals surface area contributed by atoms with E-state index in [1.54, 1.807) is 0 Å². The van der Waals surface area contributed by atoms with E-state index in [9.17, 15) is 14.4 Å². The topological polar surface area (TPSA) is 122 Å². The molecule has 8 nitrogen and oxygen atoms in total. The first kappa shape index (κ1) is 15.2. The lowest BCUT2D eigenvalue weighted by atomic mass is 10.0. The van der Waals surface area contributed by atoms with Crippen LogP contribution in [0.5, 0.6) is 0 Å². The Hall–Kier alpha value is -1.83. The predicted molar refractivity (Wildman–Crippen MR) is 65.4 cm³/mol. The highest BCUT2D eigenvalue weighted by Crippen LogP contribution is 2.19. The largest absolute Gasteiger partial charge is 0.480 e. The van der Waals surface area contributed by atoms with Gasteiger partial charge in [0.2, 0.25) is 5.91 Å². The molecule has 19 heavy (non-hydrogen) atoms. The van der Waals surface area contributed by atoms with Gasteiger partial charge < -0.3 is 25.8 Å².